The van der Waals surface area contributed by atoms with Gasteiger partial charge in [-0.05, 0) is 62.5 Å². The zero-order chi connectivity index (χ0) is 22.5. The summed E-state index contributed by atoms with van der Waals surface area (Å²) in [4.78, 5) is 11.9. The molecule has 2 rings (SSSR count). The van der Waals surface area contributed by atoms with E-state index in [-0.39, 0.29) is 19.8 Å². The maximum atomic E-state index is 5.03. The summed E-state index contributed by atoms with van der Waals surface area (Å²) in [6, 6.07) is 11.4. The molecule has 2 aromatic heterocycles. The van der Waals surface area contributed by atoms with Gasteiger partial charge in [0.1, 0.15) is 0 Å². The van der Waals surface area contributed by atoms with Crippen LogP contribution in [0.4, 0.5) is 0 Å². The van der Waals surface area contributed by atoms with E-state index in [1.54, 1.807) is 22.2 Å². The SMILES string of the molecule is C/C(=N\NC(=S)N(C)C)c1ccccn1.C/C(=N\NC(=S)N(C)C)c1ccccn1.[Ga+3]. The number of nitrogens with zero attached hydrogens (tertiary/aromatic N) is 6. The van der Waals surface area contributed by atoms with Crippen molar-refractivity contribution in [3.8, 4) is 0 Å². The van der Waals surface area contributed by atoms with Crippen LogP contribution in [0.25, 0.3) is 0 Å². The Bertz CT molecular complexity index is 798. The maximum absolute atomic E-state index is 5.03. The molecule has 2 aromatic rings. The quantitative estimate of drug-likeness (QED) is 0.278. The summed E-state index contributed by atoms with van der Waals surface area (Å²) < 4.78 is 0. The number of hydrazone groups is 2. The average molecular weight is 514 g/mol. The molecule has 2 heterocycles. The molecule has 0 fully saturated rings. The average Bonchev–Trinajstić information content (AvgIpc) is 2.76. The van der Waals surface area contributed by atoms with E-state index >= 15 is 0 Å². The summed E-state index contributed by atoms with van der Waals surface area (Å²) in [5, 5.41) is 9.42. The fourth-order valence-electron chi connectivity index (χ4n) is 1.73. The summed E-state index contributed by atoms with van der Waals surface area (Å²) in [5.74, 6) is 0. The Hall–Kier alpha value is -2.34. The smallest absolute Gasteiger partial charge is 0.354 e. The van der Waals surface area contributed by atoms with Gasteiger partial charge in [-0.2, -0.15) is 10.2 Å². The predicted molar refractivity (Wildman–Crippen MR) is 137 cm³/mol. The zero-order valence-electron chi connectivity index (χ0n) is 18.7. The topological polar surface area (TPSA) is 81.0 Å². The van der Waals surface area contributed by atoms with E-state index in [0.29, 0.717) is 10.2 Å². The van der Waals surface area contributed by atoms with Gasteiger partial charge >= 0.3 is 19.8 Å². The molecule has 0 bridgehead atoms. The Morgan fingerprint density at radius 1 is 0.742 bits per heavy atom. The third kappa shape index (κ3) is 11.6. The molecule has 0 saturated carbocycles. The normalized spacial score (nSPS) is 10.6. The van der Waals surface area contributed by atoms with Crippen LogP contribution in [0.2, 0.25) is 0 Å². The minimum atomic E-state index is 0. The summed E-state index contributed by atoms with van der Waals surface area (Å²) >= 11 is 10.1. The van der Waals surface area contributed by atoms with Gasteiger partial charge in [0.05, 0.1) is 22.8 Å². The van der Waals surface area contributed by atoms with Gasteiger partial charge in [-0.15, -0.1) is 0 Å². The molecule has 0 aromatic carbocycles. The first-order chi connectivity index (χ1) is 14.2. The van der Waals surface area contributed by atoms with Crippen molar-refractivity contribution < 1.29 is 0 Å². The summed E-state index contributed by atoms with van der Waals surface area (Å²) in [7, 11) is 7.45. The van der Waals surface area contributed by atoms with Crippen LogP contribution < -0.4 is 10.9 Å². The Morgan fingerprint density at radius 2 is 1.10 bits per heavy atom. The molecule has 0 aliphatic carbocycles. The van der Waals surface area contributed by atoms with E-state index in [1.165, 1.54) is 0 Å². The first-order valence-electron chi connectivity index (χ1n) is 9.08. The van der Waals surface area contributed by atoms with Gasteiger partial charge < -0.3 is 9.80 Å². The van der Waals surface area contributed by atoms with Gasteiger partial charge in [-0.3, -0.25) is 20.8 Å². The van der Waals surface area contributed by atoms with E-state index in [0.717, 1.165) is 22.8 Å². The van der Waals surface area contributed by atoms with E-state index in [4.69, 9.17) is 24.4 Å². The van der Waals surface area contributed by atoms with Crippen LogP contribution in [0.5, 0.6) is 0 Å². The number of hydrogen-bond donors (Lipinski definition) is 2. The van der Waals surface area contributed by atoms with Crippen LogP contribution in [0.3, 0.4) is 0 Å². The second-order valence-corrected chi connectivity index (χ2v) is 7.22. The third-order valence-corrected chi connectivity index (χ3v) is 4.43. The molecule has 0 atom stereocenters. The minimum Gasteiger partial charge on any atom is -0.354 e. The largest absolute Gasteiger partial charge is 3.00 e. The maximum Gasteiger partial charge on any atom is 3.00 e. The van der Waals surface area contributed by atoms with Crippen molar-refractivity contribution in [2.75, 3.05) is 28.2 Å². The van der Waals surface area contributed by atoms with Crippen molar-refractivity contribution in [1.82, 2.24) is 30.6 Å². The first kappa shape index (κ1) is 28.7. The van der Waals surface area contributed by atoms with Crippen molar-refractivity contribution in [2.24, 2.45) is 10.2 Å². The number of aromatic nitrogens is 2. The van der Waals surface area contributed by atoms with Gasteiger partial charge in [0, 0.05) is 40.6 Å². The van der Waals surface area contributed by atoms with Gasteiger partial charge in [0.25, 0.3) is 0 Å². The second kappa shape index (κ2) is 15.5. The second-order valence-electron chi connectivity index (χ2n) is 6.45. The van der Waals surface area contributed by atoms with Crippen molar-refractivity contribution in [2.45, 2.75) is 13.8 Å². The first-order valence-corrected chi connectivity index (χ1v) is 9.90. The Morgan fingerprint density at radius 3 is 1.35 bits per heavy atom. The monoisotopic (exact) mass is 513 g/mol. The Kier molecular flexibility index (Phi) is 14.3. The number of rotatable bonds is 4. The molecule has 0 aliphatic rings. The summed E-state index contributed by atoms with van der Waals surface area (Å²) in [6.07, 6.45) is 3.47. The van der Waals surface area contributed by atoms with Crippen LogP contribution in [0, 0.1) is 0 Å². The van der Waals surface area contributed by atoms with Crippen molar-refractivity contribution in [3.63, 3.8) is 0 Å². The number of nitrogens with one attached hydrogen (secondary N) is 2. The van der Waals surface area contributed by atoms with Gasteiger partial charge in [0.15, 0.2) is 10.2 Å². The van der Waals surface area contributed by atoms with Gasteiger partial charge in [-0.25, -0.2) is 0 Å². The molecule has 0 unspecified atom stereocenters. The number of thiocarbonyl (C=S) groups is 2. The van der Waals surface area contributed by atoms with Crippen LogP contribution in [0.1, 0.15) is 25.2 Å². The standard InChI is InChI=1S/2C10H14N4S.Ga/c2*1-8(9-6-4-5-7-11-9)12-13-10(15)14(2)3;/h2*4-7H,1-3H3,(H,13,15);/q;;+3/b2*12-8+;. The molecule has 0 aliphatic heterocycles. The Balaban J connectivity index is 0.000000562. The van der Waals surface area contributed by atoms with Crippen molar-refractivity contribution >= 4 is 65.9 Å². The van der Waals surface area contributed by atoms with Crippen LogP contribution in [0.15, 0.2) is 59.0 Å². The molecule has 2 N–H and O–H groups in total. The fraction of sp³-hybridized carbons (Fsp3) is 0.300. The van der Waals surface area contributed by atoms with Crippen LogP contribution >= 0.6 is 24.4 Å². The Labute approximate surface area is 208 Å². The van der Waals surface area contributed by atoms with E-state index in [1.807, 2.05) is 78.4 Å². The van der Waals surface area contributed by atoms with E-state index in [9.17, 15) is 0 Å². The molecule has 11 heteroatoms. The molecule has 31 heavy (non-hydrogen) atoms. The molecular formula is C20H28GaN8S2+3. The van der Waals surface area contributed by atoms with Crippen LogP contribution in [-0.4, -0.2) is 89.4 Å². The molecule has 0 radical (unpaired) electrons. The van der Waals surface area contributed by atoms with Gasteiger partial charge in [-0.1, -0.05) is 12.1 Å². The van der Waals surface area contributed by atoms with E-state index < -0.39 is 0 Å². The van der Waals surface area contributed by atoms with Crippen molar-refractivity contribution in [3.05, 3.63) is 60.2 Å². The van der Waals surface area contributed by atoms with Crippen LogP contribution in [-0.2, 0) is 0 Å². The molecule has 8 nitrogen and oxygen atoms in total. The zero-order valence-corrected chi connectivity index (χ0v) is 22.8. The molecule has 0 amide bonds. The van der Waals surface area contributed by atoms with E-state index in [2.05, 4.69) is 31.0 Å². The van der Waals surface area contributed by atoms with Gasteiger partial charge in [0.2, 0.25) is 0 Å². The summed E-state index contributed by atoms with van der Waals surface area (Å²) in [5.41, 5.74) is 8.86. The molecule has 0 spiro atoms. The minimum absolute atomic E-state index is 0. The predicted octanol–water partition coefficient (Wildman–Crippen LogP) is 2.10. The van der Waals surface area contributed by atoms with Crippen molar-refractivity contribution in [1.29, 1.82) is 0 Å². The molecule has 160 valence electrons. The molecule has 0 saturated heterocycles. The number of hydrogen-bond acceptors (Lipinski definition) is 6. The summed E-state index contributed by atoms with van der Waals surface area (Å²) in [6.45, 7) is 3.77. The fourth-order valence-corrected chi connectivity index (χ4v) is 1.82. The molecular weight excluding hydrogens is 486 g/mol. The third-order valence-electron chi connectivity index (χ3n) is 3.52. The number of pyridine rings is 2.